The number of amides is 1. The van der Waals surface area contributed by atoms with E-state index in [0.29, 0.717) is 18.0 Å². The molecule has 0 aliphatic carbocycles. The average Bonchev–Trinajstić information content (AvgIpc) is 2.84. The van der Waals surface area contributed by atoms with Crippen LogP contribution in [0.1, 0.15) is 24.0 Å². The molecule has 2 rings (SSSR count). The lowest BCUT2D eigenvalue weighted by Gasteiger charge is -2.10. The fourth-order valence-electron chi connectivity index (χ4n) is 1.47. The topological polar surface area (TPSA) is 106 Å². The molecule has 4 N–H and O–H groups in total. The Morgan fingerprint density at radius 1 is 1.47 bits per heavy atom. The molecule has 2 aromatic rings. The molecular weight excluding hydrogens is 246 g/mol. The zero-order valence-electron chi connectivity index (χ0n) is 10.5. The van der Waals surface area contributed by atoms with Crippen molar-refractivity contribution in [2.45, 2.75) is 13.3 Å². The molecule has 0 bridgehead atoms. The molecule has 1 aromatic heterocycles. The Hall–Kier alpha value is -2.57. The molecule has 0 atom stereocenters. The van der Waals surface area contributed by atoms with Crippen molar-refractivity contribution in [1.82, 2.24) is 15.2 Å². The van der Waals surface area contributed by atoms with E-state index in [9.17, 15) is 4.79 Å². The van der Waals surface area contributed by atoms with Crippen LogP contribution in [0.4, 0.5) is 11.6 Å². The zero-order chi connectivity index (χ0) is 13.7. The number of para-hydroxylation sites is 2. The van der Waals surface area contributed by atoms with Gasteiger partial charge in [0.25, 0.3) is 5.91 Å². The van der Waals surface area contributed by atoms with Crippen LogP contribution in [0.15, 0.2) is 24.3 Å². The third kappa shape index (κ3) is 3.21. The minimum atomic E-state index is -0.420. The van der Waals surface area contributed by atoms with Gasteiger partial charge in [-0.05, 0) is 18.6 Å². The van der Waals surface area contributed by atoms with E-state index in [1.807, 2.05) is 19.1 Å². The first-order valence-electron chi connectivity index (χ1n) is 5.91. The number of nitrogen functional groups attached to an aromatic ring is 1. The van der Waals surface area contributed by atoms with Gasteiger partial charge in [0.1, 0.15) is 5.75 Å². The maximum Gasteiger partial charge on any atom is 0.293 e. The van der Waals surface area contributed by atoms with E-state index in [4.69, 9.17) is 10.5 Å². The summed E-state index contributed by atoms with van der Waals surface area (Å²) in [6.07, 6.45) is 0.890. The highest BCUT2D eigenvalue weighted by Crippen LogP contribution is 2.24. The van der Waals surface area contributed by atoms with Gasteiger partial charge in [-0.3, -0.25) is 9.89 Å². The molecule has 1 heterocycles. The first kappa shape index (κ1) is 12.9. The van der Waals surface area contributed by atoms with Crippen molar-refractivity contribution in [3.8, 4) is 5.75 Å². The first-order chi connectivity index (χ1) is 9.20. The third-order valence-electron chi connectivity index (χ3n) is 2.31. The average molecular weight is 261 g/mol. The Balaban J connectivity index is 2.12. The third-order valence-corrected chi connectivity index (χ3v) is 2.31. The molecule has 0 unspecified atom stereocenters. The van der Waals surface area contributed by atoms with E-state index >= 15 is 0 Å². The summed E-state index contributed by atoms with van der Waals surface area (Å²) in [5, 5.41) is 8.75. The Morgan fingerprint density at radius 2 is 2.26 bits per heavy atom. The molecule has 1 amide bonds. The van der Waals surface area contributed by atoms with Crippen molar-refractivity contribution in [2.75, 3.05) is 17.7 Å². The Labute approximate surface area is 110 Å². The number of rotatable bonds is 5. The number of ether oxygens (including phenoxy) is 1. The summed E-state index contributed by atoms with van der Waals surface area (Å²) in [6.45, 7) is 2.60. The largest absolute Gasteiger partial charge is 0.491 e. The number of hydrogen-bond acceptors (Lipinski definition) is 5. The number of nitrogens with zero attached hydrogens (tertiary/aromatic N) is 2. The number of aromatic amines is 1. The molecule has 0 aliphatic heterocycles. The van der Waals surface area contributed by atoms with Crippen LogP contribution in [-0.4, -0.2) is 27.7 Å². The summed E-state index contributed by atoms with van der Waals surface area (Å²) >= 11 is 0. The van der Waals surface area contributed by atoms with Crippen molar-refractivity contribution in [3.63, 3.8) is 0 Å². The van der Waals surface area contributed by atoms with Gasteiger partial charge in [-0.2, -0.15) is 4.98 Å². The molecule has 1 aromatic carbocycles. The molecule has 0 radical (unpaired) electrons. The summed E-state index contributed by atoms with van der Waals surface area (Å²) in [7, 11) is 0. The van der Waals surface area contributed by atoms with Gasteiger partial charge in [-0.15, -0.1) is 5.10 Å². The van der Waals surface area contributed by atoms with Gasteiger partial charge in [-0.1, -0.05) is 19.1 Å². The highest BCUT2D eigenvalue weighted by molar-refractivity contribution is 6.02. The molecule has 0 aliphatic rings. The van der Waals surface area contributed by atoms with Gasteiger partial charge in [0.05, 0.1) is 12.3 Å². The van der Waals surface area contributed by atoms with Crippen LogP contribution in [-0.2, 0) is 0 Å². The van der Waals surface area contributed by atoms with E-state index in [1.54, 1.807) is 12.1 Å². The lowest BCUT2D eigenvalue weighted by atomic mass is 10.3. The van der Waals surface area contributed by atoms with Crippen molar-refractivity contribution >= 4 is 17.5 Å². The number of hydrogen-bond donors (Lipinski definition) is 3. The second-order valence-electron chi connectivity index (χ2n) is 3.84. The van der Waals surface area contributed by atoms with Crippen LogP contribution in [0, 0.1) is 0 Å². The van der Waals surface area contributed by atoms with Crippen LogP contribution in [0.5, 0.6) is 5.75 Å². The lowest BCUT2D eigenvalue weighted by molar-refractivity contribution is 0.101. The Kier molecular flexibility index (Phi) is 3.97. The fraction of sp³-hybridized carbons (Fsp3) is 0.250. The normalized spacial score (nSPS) is 10.2. The van der Waals surface area contributed by atoms with Gasteiger partial charge in [0.15, 0.2) is 0 Å². The Bertz CT molecular complexity index is 567. The number of anilines is 2. The number of carbonyl (C=O) groups excluding carboxylic acids is 1. The number of H-pyrrole nitrogens is 1. The van der Waals surface area contributed by atoms with Crippen LogP contribution in [0.25, 0.3) is 0 Å². The zero-order valence-corrected chi connectivity index (χ0v) is 10.5. The summed E-state index contributed by atoms with van der Waals surface area (Å²) in [5.41, 5.74) is 5.93. The summed E-state index contributed by atoms with van der Waals surface area (Å²) in [6, 6.07) is 7.19. The Morgan fingerprint density at radius 3 is 2.95 bits per heavy atom. The SMILES string of the molecule is CCCOc1ccccc1NC(=O)c1nc(N)n[nH]1. The maximum atomic E-state index is 11.9. The van der Waals surface area contributed by atoms with Crippen LogP contribution < -0.4 is 15.8 Å². The van der Waals surface area contributed by atoms with Crippen molar-refractivity contribution in [2.24, 2.45) is 0 Å². The second-order valence-corrected chi connectivity index (χ2v) is 3.84. The molecule has 7 heteroatoms. The highest BCUT2D eigenvalue weighted by atomic mass is 16.5. The minimum absolute atomic E-state index is 0.0284. The number of benzene rings is 1. The lowest BCUT2D eigenvalue weighted by Crippen LogP contribution is -2.14. The molecule has 0 fully saturated rings. The molecule has 19 heavy (non-hydrogen) atoms. The van der Waals surface area contributed by atoms with Gasteiger partial charge in [0, 0.05) is 0 Å². The van der Waals surface area contributed by atoms with E-state index in [1.165, 1.54) is 0 Å². The molecule has 100 valence electrons. The molecule has 0 spiro atoms. The number of nitrogens with one attached hydrogen (secondary N) is 2. The number of nitrogens with two attached hydrogens (primary N) is 1. The molecule has 7 nitrogen and oxygen atoms in total. The van der Waals surface area contributed by atoms with Gasteiger partial charge >= 0.3 is 0 Å². The second kappa shape index (κ2) is 5.85. The number of aromatic nitrogens is 3. The van der Waals surface area contributed by atoms with Crippen molar-refractivity contribution < 1.29 is 9.53 Å². The van der Waals surface area contributed by atoms with Crippen LogP contribution in [0.3, 0.4) is 0 Å². The highest BCUT2D eigenvalue weighted by Gasteiger charge is 2.13. The van der Waals surface area contributed by atoms with E-state index in [2.05, 4.69) is 20.5 Å². The van der Waals surface area contributed by atoms with Gasteiger partial charge in [0.2, 0.25) is 11.8 Å². The van der Waals surface area contributed by atoms with Crippen molar-refractivity contribution in [3.05, 3.63) is 30.1 Å². The van der Waals surface area contributed by atoms with E-state index in [-0.39, 0.29) is 11.8 Å². The van der Waals surface area contributed by atoms with Crippen molar-refractivity contribution in [1.29, 1.82) is 0 Å². The van der Waals surface area contributed by atoms with Crippen LogP contribution >= 0.6 is 0 Å². The van der Waals surface area contributed by atoms with E-state index in [0.717, 1.165) is 6.42 Å². The summed E-state index contributed by atoms with van der Waals surface area (Å²) in [4.78, 5) is 15.7. The molecule has 0 saturated carbocycles. The predicted octanol–water partition coefficient (Wildman–Crippen LogP) is 1.43. The monoisotopic (exact) mass is 261 g/mol. The van der Waals surface area contributed by atoms with Crippen LogP contribution in [0.2, 0.25) is 0 Å². The fourth-order valence-corrected chi connectivity index (χ4v) is 1.47. The quantitative estimate of drug-likeness (QED) is 0.754. The maximum absolute atomic E-state index is 11.9. The van der Waals surface area contributed by atoms with Gasteiger partial charge in [-0.25, -0.2) is 0 Å². The predicted molar refractivity (Wildman–Crippen MR) is 71.0 cm³/mol. The standard InChI is InChI=1S/C12H15N5O2/c1-2-7-19-9-6-4-3-5-8(9)14-11(18)10-15-12(13)17-16-10/h3-6H,2,7H2,1H3,(H,14,18)(H3,13,15,16,17). The first-order valence-corrected chi connectivity index (χ1v) is 5.91. The summed E-state index contributed by atoms with van der Waals surface area (Å²) < 4.78 is 5.54. The number of carbonyl (C=O) groups is 1. The minimum Gasteiger partial charge on any atom is -0.491 e. The van der Waals surface area contributed by atoms with Gasteiger partial charge < -0.3 is 15.8 Å². The molecule has 0 saturated heterocycles. The molecular formula is C12H15N5O2. The van der Waals surface area contributed by atoms with E-state index < -0.39 is 5.91 Å². The summed E-state index contributed by atoms with van der Waals surface area (Å²) in [5.74, 6) is 0.283. The smallest absolute Gasteiger partial charge is 0.293 e.